The van der Waals surface area contributed by atoms with Crippen LogP contribution in [0, 0.1) is 5.41 Å². The van der Waals surface area contributed by atoms with E-state index in [4.69, 9.17) is 4.74 Å². The third-order valence-corrected chi connectivity index (χ3v) is 5.06. The lowest BCUT2D eigenvalue weighted by Crippen LogP contribution is -2.48. The summed E-state index contributed by atoms with van der Waals surface area (Å²) in [5.41, 5.74) is 0.706. The lowest BCUT2D eigenvalue weighted by Gasteiger charge is -2.40. The first-order valence-corrected chi connectivity index (χ1v) is 7.82. The molecule has 2 heterocycles. The van der Waals surface area contributed by atoms with Gasteiger partial charge in [0.2, 0.25) is 0 Å². The molecule has 0 aromatic heterocycles. The highest BCUT2D eigenvalue weighted by Gasteiger charge is 2.41. The minimum absolute atomic E-state index is 0.364. The minimum Gasteiger partial charge on any atom is -0.493 e. The molecule has 0 saturated carbocycles. The van der Waals surface area contributed by atoms with E-state index in [1.807, 2.05) is 25.1 Å². The largest absolute Gasteiger partial charge is 0.493 e. The number of carboxylic acids is 1. The Morgan fingerprint density at radius 3 is 3.05 bits per heavy atom. The maximum Gasteiger partial charge on any atom is 0.310 e. The highest BCUT2D eigenvalue weighted by atomic mass is 16.5. The van der Waals surface area contributed by atoms with E-state index in [1.165, 1.54) is 5.56 Å². The van der Waals surface area contributed by atoms with Crippen molar-refractivity contribution in [2.75, 3.05) is 26.2 Å². The van der Waals surface area contributed by atoms with Gasteiger partial charge in [-0.2, -0.15) is 0 Å². The van der Waals surface area contributed by atoms with E-state index in [0.29, 0.717) is 25.5 Å². The van der Waals surface area contributed by atoms with Gasteiger partial charge in [0.05, 0.1) is 12.0 Å². The number of carboxylic acid groups (broad SMARTS) is 1. The molecule has 21 heavy (non-hydrogen) atoms. The van der Waals surface area contributed by atoms with E-state index >= 15 is 0 Å². The van der Waals surface area contributed by atoms with Crippen molar-refractivity contribution in [1.29, 1.82) is 0 Å². The first-order valence-electron chi connectivity index (χ1n) is 7.82. The van der Waals surface area contributed by atoms with Crippen molar-refractivity contribution < 1.29 is 14.6 Å². The zero-order valence-corrected chi connectivity index (χ0v) is 12.5. The van der Waals surface area contributed by atoms with Crippen LogP contribution < -0.4 is 4.74 Å². The Balaban J connectivity index is 1.70. The number of likely N-dealkylation sites (tertiary alicyclic amines) is 1. The van der Waals surface area contributed by atoms with Crippen LogP contribution in [0.15, 0.2) is 24.3 Å². The summed E-state index contributed by atoms with van der Waals surface area (Å²) in [7, 11) is 0. The molecule has 1 N–H and O–H groups in total. The van der Waals surface area contributed by atoms with Crippen LogP contribution in [0.5, 0.6) is 5.75 Å². The van der Waals surface area contributed by atoms with Gasteiger partial charge in [-0.15, -0.1) is 0 Å². The van der Waals surface area contributed by atoms with Gasteiger partial charge < -0.3 is 14.7 Å². The average Bonchev–Trinajstić information content (AvgIpc) is 2.90. The Labute approximate surface area is 125 Å². The summed E-state index contributed by atoms with van der Waals surface area (Å²) in [5.74, 6) is 0.708. The van der Waals surface area contributed by atoms with Crippen molar-refractivity contribution >= 4 is 5.97 Å². The molecule has 1 saturated heterocycles. The summed E-state index contributed by atoms with van der Waals surface area (Å²) in [6.07, 6.45) is 2.47. The molecule has 1 aromatic rings. The molecule has 1 fully saturated rings. The third kappa shape index (κ3) is 2.64. The second-order valence-corrected chi connectivity index (χ2v) is 6.32. The zero-order valence-electron chi connectivity index (χ0n) is 12.5. The van der Waals surface area contributed by atoms with E-state index in [0.717, 1.165) is 31.7 Å². The number of fused-ring (bicyclic) bond motifs is 1. The smallest absolute Gasteiger partial charge is 0.310 e. The highest BCUT2D eigenvalue weighted by molar-refractivity contribution is 5.75. The molecule has 4 nitrogen and oxygen atoms in total. The molecule has 3 rings (SSSR count). The Hall–Kier alpha value is -1.55. The summed E-state index contributed by atoms with van der Waals surface area (Å²) < 4.78 is 5.74. The van der Waals surface area contributed by atoms with Crippen molar-refractivity contribution in [3.63, 3.8) is 0 Å². The summed E-state index contributed by atoms with van der Waals surface area (Å²) in [4.78, 5) is 14.0. The van der Waals surface area contributed by atoms with Crippen molar-refractivity contribution in [2.24, 2.45) is 5.41 Å². The molecule has 2 atom stereocenters. The van der Waals surface area contributed by atoms with E-state index in [-0.39, 0.29) is 0 Å². The summed E-state index contributed by atoms with van der Waals surface area (Å²) >= 11 is 0. The van der Waals surface area contributed by atoms with Gasteiger partial charge >= 0.3 is 5.97 Å². The zero-order chi connectivity index (χ0) is 14.9. The molecule has 2 unspecified atom stereocenters. The molecule has 0 amide bonds. The van der Waals surface area contributed by atoms with Crippen LogP contribution in [0.25, 0.3) is 0 Å². The predicted molar refractivity (Wildman–Crippen MR) is 80.7 cm³/mol. The monoisotopic (exact) mass is 289 g/mol. The fraction of sp³-hybridized carbons (Fsp3) is 0.588. The number of ether oxygens (including phenoxy) is 1. The van der Waals surface area contributed by atoms with Gasteiger partial charge in [0.15, 0.2) is 0 Å². The number of piperidine rings is 1. The van der Waals surface area contributed by atoms with E-state index in [2.05, 4.69) is 11.0 Å². The van der Waals surface area contributed by atoms with Crippen molar-refractivity contribution in [1.82, 2.24) is 4.90 Å². The first-order chi connectivity index (χ1) is 10.1. The number of carbonyl (C=O) groups is 1. The molecule has 0 radical (unpaired) electrons. The number of hydrogen-bond donors (Lipinski definition) is 1. The molecular weight excluding hydrogens is 266 g/mol. The Morgan fingerprint density at radius 1 is 1.48 bits per heavy atom. The quantitative estimate of drug-likeness (QED) is 0.926. The first kappa shape index (κ1) is 14.4. The van der Waals surface area contributed by atoms with Crippen LogP contribution in [0.3, 0.4) is 0 Å². The topological polar surface area (TPSA) is 49.8 Å². The molecular formula is C17H23NO3. The Kier molecular flexibility index (Phi) is 3.89. The number of aliphatic carboxylic acids is 1. The molecule has 2 aliphatic rings. The van der Waals surface area contributed by atoms with Crippen LogP contribution in [-0.2, 0) is 4.79 Å². The number of para-hydroxylation sites is 1. The molecule has 0 spiro atoms. The van der Waals surface area contributed by atoms with E-state index in [9.17, 15) is 9.90 Å². The van der Waals surface area contributed by atoms with Crippen LogP contribution in [0.4, 0.5) is 0 Å². The summed E-state index contributed by atoms with van der Waals surface area (Å²) in [6, 6.07) is 8.18. The highest BCUT2D eigenvalue weighted by Crippen LogP contribution is 2.37. The van der Waals surface area contributed by atoms with Gasteiger partial charge in [-0.1, -0.05) is 25.1 Å². The molecule has 0 bridgehead atoms. The number of nitrogens with zero attached hydrogens (tertiary/aromatic N) is 1. The van der Waals surface area contributed by atoms with E-state index in [1.54, 1.807) is 0 Å². The second-order valence-electron chi connectivity index (χ2n) is 6.32. The van der Waals surface area contributed by atoms with E-state index < -0.39 is 11.4 Å². The van der Waals surface area contributed by atoms with Crippen LogP contribution >= 0.6 is 0 Å². The molecule has 1 aromatic carbocycles. The van der Waals surface area contributed by atoms with Gasteiger partial charge in [-0.25, -0.2) is 0 Å². The van der Waals surface area contributed by atoms with Gasteiger partial charge in [0, 0.05) is 24.6 Å². The standard InChI is InChI=1S/C17H23NO3/c1-2-17(16(19)20)8-5-9-18(12-17)10-13-11-21-15-7-4-3-6-14(13)15/h3-4,6-7,13H,2,5,8-12H2,1H3,(H,19,20). The number of hydrogen-bond acceptors (Lipinski definition) is 3. The molecule has 114 valence electrons. The Bertz CT molecular complexity index is 531. The van der Waals surface area contributed by atoms with Gasteiger partial charge in [-0.3, -0.25) is 4.79 Å². The molecule has 4 heteroatoms. The predicted octanol–water partition coefficient (Wildman–Crippen LogP) is 2.74. The maximum atomic E-state index is 11.6. The van der Waals surface area contributed by atoms with Crippen LogP contribution in [-0.4, -0.2) is 42.2 Å². The SMILES string of the molecule is CCC1(C(=O)O)CCCN(CC2COc3ccccc32)C1. The van der Waals surface area contributed by atoms with Crippen molar-refractivity contribution in [3.05, 3.63) is 29.8 Å². The fourth-order valence-corrected chi connectivity index (χ4v) is 3.69. The van der Waals surface area contributed by atoms with Gasteiger partial charge in [-0.05, 0) is 31.9 Å². The minimum atomic E-state index is -0.641. The van der Waals surface area contributed by atoms with Crippen molar-refractivity contribution in [2.45, 2.75) is 32.1 Å². The molecule has 0 aliphatic carbocycles. The molecule has 2 aliphatic heterocycles. The average molecular weight is 289 g/mol. The van der Waals surface area contributed by atoms with Crippen LogP contribution in [0.1, 0.15) is 37.7 Å². The maximum absolute atomic E-state index is 11.6. The third-order valence-electron chi connectivity index (χ3n) is 5.06. The lowest BCUT2D eigenvalue weighted by molar-refractivity contribution is -0.153. The normalized spacial score (nSPS) is 28.9. The fourth-order valence-electron chi connectivity index (χ4n) is 3.69. The number of rotatable bonds is 4. The summed E-state index contributed by atoms with van der Waals surface area (Å²) in [6.45, 7) is 5.25. The number of benzene rings is 1. The van der Waals surface area contributed by atoms with Gasteiger partial charge in [0.1, 0.15) is 5.75 Å². The van der Waals surface area contributed by atoms with Gasteiger partial charge in [0.25, 0.3) is 0 Å². The van der Waals surface area contributed by atoms with Crippen LogP contribution in [0.2, 0.25) is 0 Å². The summed E-state index contributed by atoms with van der Waals surface area (Å²) in [5, 5.41) is 9.57. The van der Waals surface area contributed by atoms with Crippen molar-refractivity contribution in [3.8, 4) is 5.75 Å². The second kappa shape index (κ2) is 5.68. The Morgan fingerprint density at radius 2 is 2.29 bits per heavy atom. The lowest BCUT2D eigenvalue weighted by atomic mass is 9.77.